The van der Waals surface area contributed by atoms with Crippen molar-refractivity contribution in [2.24, 2.45) is 0 Å². The lowest BCUT2D eigenvalue weighted by atomic mass is 9.99. The average Bonchev–Trinajstić information content (AvgIpc) is 2.88. The molecule has 0 saturated carbocycles. The van der Waals surface area contributed by atoms with Crippen LogP contribution in [-0.4, -0.2) is 96.1 Å². The molecule has 0 amide bonds. The van der Waals surface area contributed by atoms with Crippen molar-refractivity contribution < 1.29 is 63.5 Å². The van der Waals surface area contributed by atoms with Crippen LogP contribution in [0.4, 0.5) is 0 Å². The predicted molar refractivity (Wildman–Crippen MR) is 119 cm³/mol. The molecule has 0 aromatic heterocycles. The Morgan fingerprint density at radius 2 is 1.42 bits per heavy atom. The van der Waals surface area contributed by atoms with Gasteiger partial charge in [-0.1, -0.05) is 0 Å². The number of methoxy groups -OCH3 is 3. The highest BCUT2D eigenvalue weighted by molar-refractivity contribution is 5.91. The molecule has 13 nitrogen and oxygen atoms in total. The van der Waals surface area contributed by atoms with Crippen LogP contribution in [0.25, 0.3) is 0 Å². The standard InChI is InChI=1S/C23H26O13/c1-31-13-6-10(21(28)29)4-5-12(13)35-23-20(27)19(26)18(25)16(36-23)9-34-22(30)11-7-14(32-2)17(24)15(8-11)33-3/h4-8,16,18-20,23-27H,9H2,1-3H3,(H,28,29)/t16-,18-,19+,20-,23-/m1/s1. The maximum atomic E-state index is 12.6. The summed E-state index contributed by atoms with van der Waals surface area (Å²) in [6.07, 6.45) is -7.94. The van der Waals surface area contributed by atoms with E-state index in [2.05, 4.69) is 0 Å². The van der Waals surface area contributed by atoms with Crippen LogP contribution in [0.15, 0.2) is 30.3 Å². The first kappa shape index (κ1) is 26.8. The largest absolute Gasteiger partial charge is 0.502 e. The number of hydrogen-bond donors (Lipinski definition) is 5. The van der Waals surface area contributed by atoms with Gasteiger partial charge >= 0.3 is 11.9 Å². The molecule has 5 atom stereocenters. The molecule has 0 bridgehead atoms. The second kappa shape index (κ2) is 11.3. The smallest absolute Gasteiger partial charge is 0.338 e. The fourth-order valence-corrected chi connectivity index (χ4v) is 3.43. The maximum Gasteiger partial charge on any atom is 0.338 e. The number of carboxylic acids is 1. The topological polar surface area (TPSA) is 191 Å². The molecular weight excluding hydrogens is 484 g/mol. The normalized spacial score (nSPS) is 23.4. The first-order valence-corrected chi connectivity index (χ1v) is 10.5. The molecule has 3 rings (SSSR count). The molecule has 2 aromatic carbocycles. The highest BCUT2D eigenvalue weighted by Crippen LogP contribution is 2.37. The number of phenolic OH excluding ortho intramolecular Hbond substituents is 1. The van der Waals surface area contributed by atoms with Crippen molar-refractivity contribution in [1.29, 1.82) is 0 Å². The Balaban J connectivity index is 1.74. The van der Waals surface area contributed by atoms with Gasteiger partial charge in [0.25, 0.3) is 0 Å². The molecule has 1 aliphatic rings. The van der Waals surface area contributed by atoms with Crippen molar-refractivity contribution in [1.82, 2.24) is 0 Å². The first-order valence-electron chi connectivity index (χ1n) is 10.5. The van der Waals surface area contributed by atoms with Gasteiger partial charge in [-0.3, -0.25) is 0 Å². The summed E-state index contributed by atoms with van der Waals surface area (Å²) >= 11 is 0. The summed E-state index contributed by atoms with van der Waals surface area (Å²) in [7, 11) is 3.85. The summed E-state index contributed by atoms with van der Waals surface area (Å²) in [5, 5.41) is 50.1. The third-order valence-corrected chi connectivity index (χ3v) is 5.42. The Labute approximate surface area is 204 Å². The van der Waals surface area contributed by atoms with Crippen LogP contribution in [-0.2, 0) is 9.47 Å². The summed E-state index contributed by atoms with van der Waals surface area (Å²) in [5.41, 5.74) is -0.115. The SMILES string of the molecule is COc1cc(C(=O)O)ccc1O[C@@H]1O[C@H](COC(=O)c2cc(OC)c(O)c(OC)c2)[C@@H](O)[C@H](O)[C@H]1O. The van der Waals surface area contributed by atoms with E-state index in [-0.39, 0.29) is 39.9 Å². The Morgan fingerprint density at radius 3 is 1.97 bits per heavy atom. The average molecular weight is 510 g/mol. The van der Waals surface area contributed by atoms with Crippen LogP contribution in [0.1, 0.15) is 20.7 Å². The molecule has 36 heavy (non-hydrogen) atoms. The molecule has 0 aliphatic carbocycles. The molecule has 196 valence electrons. The summed E-state index contributed by atoms with van der Waals surface area (Å²) in [6, 6.07) is 6.14. The Hall–Kier alpha value is -3.78. The zero-order chi connectivity index (χ0) is 26.6. The molecule has 2 aromatic rings. The lowest BCUT2D eigenvalue weighted by Gasteiger charge is -2.40. The highest BCUT2D eigenvalue weighted by atomic mass is 16.7. The van der Waals surface area contributed by atoms with Gasteiger partial charge in [-0.2, -0.15) is 0 Å². The molecule has 0 spiro atoms. The van der Waals surface area contributed by atoms with Crippen LogP contribution >= 0.6 is 0 Å². The second-order valence-corrected chi connectivity index (χ2v) is 7.63. The number of aliphatic hydroxyl groups excluding tert-OH is 3. The van der Waals surface area contributed by atoms with Gasteiger partial charge in [-0.05, 0) is 30.3 Å². The number of benzene rings is 2. The van der Waals surface area contributed by atoms with Crippen LogP contribution in [0.2, 0.25) is 0 Å². The first-order chi connectivity index (χ1) is 17.1. The quantitative estimate of drug-likeness (QED) is 0.287. The minimum atomic E-state index is -1.73. The zero-order valence-corrected chi connectivity index (χ0v) is 19.5. The van der Waals surface area contributed by atoms with Gasteiger partial charge in [0.15, 0.2) is 23.0 Å². The minimum absolute atomic E-state index is 0.00540. The number of aromatic hydroxyl groups is 1. The van der Waals surface area contributed by atoms with Gasteiger partial charge in [-0.25, -0.2) is 9.59 Å². The van der Waals surface area contributed by atoms with Crippen molar-refractivity contribution in [2.75, 3.05) is 27.9 Å². The molecule has 1 saturated heterocycles. The lowest BCUT2D eigenvalue weighted by molar-refractivity contribution is -0.277. The van der Waals surface area contributed by atoms with Crippen molar-refractivity contribution in [3.05, 3.63) is 41.5 Å². The van der Waals surface area contributed by atoms with E-state index in [9.17, 15) is 30.0 Å². The van der Waals surface area contributed by atoms with Gasteiger partial charge in [0.05, 0.1) is 32.5 Å². The number of aliphatic hydroxyl groups is 3. The van der Waals surface area contributed by atoms with Gasteiger partial charge in [0.1, 0.15) is 31.0 Å². The number of carbonyl (C=O) groups is 2. The van der Waals surface area contributed by atoms with E-state index in [0.717, 1.165) is 0 Å². The van der Waals surface area contributed by atoms with E-state index in [0.29, 0.717) is 0 Å². The summed E-state index contributed by atoms with van der Waals surface area (Å²) in [5.74, 6) is -2.45. The zero-order valence-electron chi connectivity index (χ0n) is 19.5. The van der Waals surface area contributed by atoms with E-state index < -0.39 is 49.3 Å². The summed E-state index contributed by atoms with van der Waals surface area (Å²) < 4.78 is 31.4. The minimum Gasteiger partial charge on any atom is -0.502 e. The van der Waals surface area contributed by atoms with Crippen molar-refractivity contribution in [3.63, 3.8) is 0 Å². The Kier molecular flexibility index (Phi) is 8.42. The van der Waals surface area contributed by atoms with E-state index >= 15 is 0 Å². The third kappa shape index (κ3) is 5.54. The van der Waals surface area contributed by atoms with E-state index in [4.69, 9.17) is 33.5 Å². The van der Waals surface area contributed by atoms with E-state index in [1.165, 1.54) is 51.7 Å². The second-order valence-electron chi connectivity index (χ2n) is 7.63. The number of esters is 1. The van der Waals surface area contributed by atoms with Crippen LogP contribution in [0.3, 0.4) is 0 Å². The fraction of sp³-hybridized carbons (Fsp3) is 0.391. The van der Waals surface area contributed by atoms with E-state index in [1.807, 2.05) is 0 Å². The Bertz CT molecular complexity index is 1080. The molecule has 1 aliphatic heterocycles. The monoisotopic (exact) mass is 510 g/mol. The molecule has 1 heterocycles. The molecule has 0 unspecified atom stereocenters. The van der Waals surface area contributed by atoms with Gasteiger partial charge in [0, 0.05) is 0 Å². The predicted octanol–water partition coefficient (Wildman–Crippen LogP) is 0.160. The number of rotatable bonds is 9. The van der Waals surface area contributed by atoms with Gasteiger partial charge < -0.3 is 54.0 Å². The number of ether oxygens (including phenoxy) is 6. The molecule has 0 radical (unpaired) electrons. The van der Waals surface area contributed by atoms with E-state index in [1.54, 1.807) is 0 Å². The van der Waals surface area contributed by atoms with Crippen molar-refractivity contribution in [3.8, 4) is 28.7 Å². The van der Waals surface area contributed by atoms with Crippen LogP contribution in [0.5, 0.6) is 28.7 Å². The summed E-state index contributed by atoms with van der Waals surface area (Å²) in [4.78, 5) is 23.7. The van der Waals surface area contributed by atoms with Crippen molar-refractivity contribution in [2.45, 2.75) is 30.7 Å². The number of carboxylic acid groups (broad SMARTS) is 1. The van der Waals surface area contributed by atoms with Crippen molar-refractivity contribution >= 4 is 11.9 Å². The van der Waals surface area contributed by atoms with Crippen LogP contribution < -0.4 is 18.9 Å². The van der Waals surface area contributed by atoms with Gasteiger partial charge in [-0.15, -0.1) is 0 Å². The number of carbonyl (C=O) groups excluding carboxylic acids is 1. The number of hydrogen-bond acceptors (Lipinski definition) is 12. The summed E-state index contributed by atoms with van der Waals surface area (Å²) in [6.45, 7) is -0.551. The number of aromatic carboxylic acids is 1. The van der Waals surface area contributed by atoms with Gasteiger partial charge in [0.2, 0.25) is 12.0 Å². The number of phenols is 1. The third-order valence-electron chi connectivity index (χ3n) is 5.42. The fourth-order valence-electron chi connectivity index (χ4n) is 3.43. The maximum absolute atomic E-state index is 12.6. The molecule has 1 fully saturated rings. The molecule has 13 heteroatoms. The highest BCUT2D eigenvalue weighted by Gasteiger charge is 2.45. The Morgan fingerprint density at radius 1 is 0.833 bits per heavy atom. The molecular formula is C23H26O13. The molecule has 5 N–H and O–H groups in total. The van der Waals surface area contributed by atoms with Crippen LogP contribution in [0, 0.1) is 0 Å². The lowest BCUT2D eigenvalue weighted by Crippen LogP contribution is -2.60.